The predicted molar refractivity (Wildman–Crippen MR) is 185 cm³/mol. The summed E-state index contributed by atoms with van der Waals surface area (Å²) in [6.45, 7) is 1.11. The molecule has 0 saturated carbocycles. The van der Waals surface area contributed by atoms with Crippen molar-refractivity contribution in [3.05, 3.63) is 138 Å². The Morgan fingerprint density at radius 3 is 2.43 bits per heavy atom. The molecular formula is C39H43N3O5. The highest BCUT2D eigenvalue weighted by Gasteiger charge is 2.52. The standard InChI is InChI=1S/C39H43N3O5/c1-45-35-20-10-19-33(29-35)36-39(25-11-18-31-15-6-3-7-16-31,38(44)42-40-26-9-8-17-30-13-4-2-5-14-30)41-37(47-36)32-21-23-34(24-22-32)46-28-12-27-43/h2-7,10-11,13-16,18-24,29,36,40,43H,8-9,12,17,25-28H2,1H3,(H,42,44)/b18-11+/t36-,39-/m0/s1. The number of rotatable bonds is 17. The van der Waals surface area contributed by atoms with Crippen LogP contribution >= 0.6 is 0 Å². The molecule has 5 rings (SSSR count). The van der Waals surface area contributed by atoms with Crippen molar-refractivity contribution in [3.8, 4) is 11.5 Å². The number of amides is 1. The van der Waals surface area contributed by atoms with Gasteiger partial charge in [-0.2, -0.15) is 0 Å². The molecule has 0 aromatic heterocycles. The fourth-order valence-corrected chi connectivity index (χ4v) is 5.50. The number of aliphatic hydroxyl groups excluding tert-OH is 1. The van der Waals surface area contributed by atoms with Gasteiger partial charge in [0.1, 0.15) is 11.5 Å². The van der Waals surface area contributed by atoms with Crippen molar-refractivity contribution in [2.45, 2.75) is 43.7 Å². The normalized spacial score (nSPS) is 17.2. The van der Waals surface area contributed by atoms with Crippen molar-refractivity contribution < 1.29 is 24.1 Å². The van der Waals surface area contributed by atoms with Gasteiger partial charge < -0.3 is 19.3 Å². The van der Waals surface area contributed by atoms with Gasteiger partial charge in [-0.1, -0.05) is 84.9 Å². The lowest BCUT2D eigenvalue weighted by atomic mass is 9.84. The van der Waals surface area contributed by atoms with Gasteiger partial charge in [0.25, 0.3) is 5.91 Å². The molecule has 0 saturated heterocycles. The Morgan fingerprint density at radius 2 is 1.68 bits per heavy atom. The minimum atomic E-state index is -1.32. The summed E-state index contributed by atoms with van der Waals surface area (Å²) in [5.74, 6) is 1.42. The highest BCUT2D eigenvalue weighted by atomic mass is 16.5. The van der Waals surface area contributed by atoms with E-state index in [0.717, 1.165) is 36.0 Å². The van der Waals surface area contributed by atoms with Crippen molar-refractivity contribution in [3.63, 3.8) is 0 Å². The zero-order valence-corrected chi connectivity index (χ0v) is 26.8. The summed E-state index contributed by atoms with van der Waals surface area (Å²) in [6.07, 6.45) is 6.97. The van der Waals surface area contributed by atoms with Crippen molar-refractivity contribution >= 4 is 17.9 Å². The van der Waals surface area contributed by atoms with Crippen LogP contribution in [-0.4, -0.2) is 49.3 Å². The number of hydrogen-bond acceptors (Lipinski definition) is 7. The first-order chi connectivity index (χ1) is 23.1. The maximum atomic E-state index is 14.3. The van der Waals surface area contributed by atoms with Gasteiger partial charge in [0.05, 0.1) is 13.7 Å². The molecule has 1 amide bonds. The van der Waals surface area contributed by atoms with Crippen LogP contribution in [0, 0.1) is 0 Å². The highest BCUT2D eigenvalue weighted by Crippen LogP contribution is 2.43. The molecule has 0 radical (unpaired) electrons. The molecule has 1 heterocycles. The van der Waals surface area contributed by atoms with Crippen LogP contribution in [0.5, 0.6) is 11.5 Å². The van der Waals surface area contributed by atoms with Gasteiger partial charge in [0.15, 0.2) is 11.6 Å². The molecule has 0 unspecified atom stereocenters. The molecule has 0 spiro atoms. The van der Waals surface area contributed by atoms with E-state index in [2.05, 4.69) is 35.1 Å². The average Bonchev–Trinajstić information content (AvgIpc) is 3.52. The molecule has 4 aromatic carbocycles. The zero-order chi connectivity index (χ0) is 32.7. The molecule has 0 bridgehead atoms. The van der Waals surface area contributed by atoms with Crippen LogP contribution < -0.4 is 20.3 Å². The van der Waals surface area contributed by atoms with E-state index >= 15 is 0 Å². The maximum Gasteiger partial charge on any atom is 0.266 e. The summed E-state index contributed by atoms with van der Waals surface area (Å²) in [4.78, 5) is 19.4. The van der Waals surface area contributed by atoms with Gasteiger partial charge in [0, 0.05) is 31.6 Å². The Balaban J connectivity index is 1.41. The number of nitrogens with one attached hydrogen (secondary N) is 2. The fourth-order valence-electron chi connectivity index (χ4n) is 5.50. The lowest BCUT2D eigenvalue weighted by Crippen LogP contribution is -2.52. The van der Waals surface area contributed by atoms with Crippen LogP contribution in [0.2, 0.25) is 0 Å². The van der Waals surface area contributed by atoms with E-state index < -0.39 is 11.6 Å². The van der Waals surface area contributed by atoms with Crippen molar-refractivity contribution in [2.24, 2.45) is 4.99 Å². The van der Waals surface area contributed by atoms with E-state index in [-0.39, 0.29) is 18.9 Å². The van der Waals surface area contributed by atoms with Gasteiger partial charge >= 0.3 is 0 Å². The number of benzene rings is 4. The van der Waals surface area contributed by atoms with Gasteiger partial charge in [-0.3, -0.25) is 10.2 Å². The lowest BCUT2D eigenvalue weighted by Gasteiger charge is -2.30. The van der Waals surface area contributed by atoms with Crippen LogP contribution in [0.1, 0.15) is 54.0 Å². The number of aliphatic hydroxyl groups is 1. The second-order valence-corrected chi connectivity index (χ2v) is 11.4. The third-order valence-electron chi connectivity index (χ3n) is 8.03. The number of nitrogens with zero attached hydrogens (tertiary/aromatic N) is 1. The quantitative estimate of drug-likeness (QED) is 0.0912. The summed E-state index contributed by atoms with van der Waals surface area (Å²) in [7, 11) is 1.62. The van der Waals surface area contributed by atoms with E-state index in [0.29, 0.717) is 37.0 Å². The van der Waals surface area contributed by atoms with Gasteiger partial charge in [-0.25, -0.2) is 10.4 Å². The number of carbonyl (C=O) groups excluding carboxylic acids is 1. The van der Waals surface area contributed by atoms with Crippen LogP contribution in [-0.2, 0) is 16.0 Å². The number of aryl methyl sites for hydroxylation is 1. The topological polar surface area (TPSA) is 101 Å². The fraction of sp³-hybridized carbons (Fsp3) is 0.282. The van der Waals surface area contributed by atoms with Crippen LogP contribution in [0.25, 0.3) is 6.08 Å². The first kappa shape index (κ1) is 33.4. The maximum absolute atomic E-state index is 14.3. The molecule has 2 atom stereocenters. The third kappa shape index (κ3) is 9.09. The molecule has 244 valence electrons. The Morgan fingerprint density at radius 1 is 0.915 bits per heavy atom. The molecule has 8 heteroatoms. The van der Waals surface area contributed by atoms with E-state index in [4.69, 9.17) is 24.3 Å². The van der Waals surface area contributed by atoms with Crippen molar-refractivity contribution in [1.82, 2.24) is 10.9 Å². The minimum absolute atomic E-state index is 0.0692. The molecule has 1 aliphatic heterocycles. The summed E-state index contributed by atoms with van der Waals surface area (Å²) in [5.41, 5.74) is 8.63. The van der Waals surface area contributed by atoms with E-state index in [1.807, 2.05) is 97.1 Å². The summed E-state index contributed by atoms with van der Waals surface area (Å²) < 4.78 is 17.9. The minimum Gasteiger partial charge on any atom is -0.497 e. The number of hydrogen-bond donors (Lipinski definition) is 3. The Kier molecular flexibility index (Phi) is 12.2. The summed E-state index contributed by atoms with van der Waals surface area (Å²) in [5, 5.41) is 9.08. The Hall–Kier alpha value is -4.92. The number of ether oxygens (including phenoxy) is 3. The second-order valence-electron chi connectivity index (χ2n) is 11.4. The van der Waals surface area contributed by atoms with Crippen LogP contribution in [0.3, 0.4) is 0 Å². The lowest BCUT2D eigenvalue weighted by molar-refractivity contribution is -0.129. The molecule has 0 aliphatic carbocycles. The Bertz CT molecular complexity index is 1610. The molecule has 4 aromatic rings. The first-order valence-electron chi connectivity index (χ1n) is 16.1. The number of methoxy groups -OCH3 is 1. The van der Waals surface area contributed by atoms with E-state index in [9.17, 15) is 4.79 Å². The average molecular weight is 634 g/mol. The van der Waals surface area contributed by atoms with E-state index in [1.165, 1.54) is 5.56 Å². The number of aliphatic imine (C=N–C) groups is 1. The summed E-state index contributed by atoms with van der Waals surface area (Å²) >= 11 is 0. The first-order valence-corrected chi connectivity index (χ1v) is 16.1. The van der Waals surface area contributed by atoms with Gasteiger partial charge in [-0.15, -0.1) is 0 Å². The van der Waals surface area contributed by atoms with Crippen LogP contribution in [0.4, 0.5) is 0 Å². The number of hydrazine groups is 1. The number of carbonyl (C=O) groups is 1. The van der Waals surface area contributed by atoms with Crippen molar-refractivity contribution in [2.75, 3.05) is 26.9 Å². The molecule has 1 aliphatic rings. The third-order valence-corrected chi connectivity index (χ3v) is 8.03. The smallest absolute Gasteiger partial charge is 0.266 e. The number of unbranched alkanes of at least 4 members (excludes halogenated alkanes) is 1. The largest absolute Gasteiger partial charge is 0.497 e. The van der Waals surface area contributed by atoms with Gasteiger partial charge in [-0.05, 0) is 72.4 Å². The SMILES string of the molecule is COc1cccc([C@@H]2OC(c3ccc(OCCCO)cc3)=N[C@]2(C/C=C/c2ccccc2)C(=O)NNCCCCc2ccccc2)c1. The molecular weight excluding hydrogens is 590 g/mol. The highest BCUT2D eigenvalue weighted by molar-refractivity contribution is 6.01. The zero-order valence-electron chi connectivity index (χ0n) is 26.8. The second kappa shape index (κ2) is 17.1. The summed E-state index contributed by atoms with van der Waals surface area (Å²) in [6, 6.07) is 35.4. The van der Waals surface area contributed by atoms with Crippen LogP contribution in [0.15, 0.2) is 120 Å². The molecule has 47 heavy (non-hydrogen) atoms. The van der Waals surface area contributed by atoms with Gasteiger partial charge in [0.2, 0.25) is 5.90 Å². The van der Waals surface area contributed by atoms with E-state index in [1.54, 1.807) is 7.11 Å². The molecule has 3 N–H and O–H groups in total. The predicted octanol–water partition coefficient (Wildman–Crippen LogP) is 6.46. The molecule has 0 fully saturated rings. The monoisotopic (exact) mass is 633 g/mol. The Labute approximate surface area is 277 Å². The molecule has 8 nitrogen and oxygen atoms in total. The van der Waals surface area contributed by atoms with Crippen molar-refractivity contribution in [1.29, 1.82) is 0 Å².